The Balaban J connectivity index is 1.89. The van der Waals surface area contributed by atoms with Crippen molar-refractivity contribution in [2.45, 2.75) is 65.4 Å². The Kier molecular flexibility index (Phi) is 3.57. The fraction of sp³-hybridized carbons (Fsp3) is 0.882. The van der Waals surface area contributed by atoms with Gasteiger partial charge in [0.2, 0.25) is 0 Å². The lowest BCUT2D eigenvalue weighted by Crippen LogP contribution is -2.41. The van der Waals surface area contributed by atoms with Crippen LogP contribution in [0.4, 0.5) is 0 Å². The van der Waals surface area contributed by atoms with Crippen molar-refractivity contribution in [3.8, 4) is 0 Å². The second-order valence-electron chi connectivity index (χ2n) is 7.63. The average molecular weight is 374 g/mol. The third kappa shape index (κ3) is 1.88. The minimum absolute atomic E-state index is 0.0666. The number of hydrogen-bond acceptors (Lipinski definition) is 1. The van der Waals surface area contributed by atoms with E-state index in [1.54, 1.807) is 3.58 Å². The normalized spacial score (nSPS) is 52.8. The van der Waals surface area contributed by atoms with E-state index in [9.17, 15) is 5.11 Å². The van der Waals surface area contributed by atoms with Crippen LogP contribution in [0.15, 0.2) is 9.66 Å². The Morgan fingerprint density at radius 2 is 2.11 bits per heavy atom. The second kappa shape index (κ2) is 4.72. The van der Waals surface area contributed by atoms with Gasteiger partial charge in [0.15, 0.2) is 0 Å². The summed E-state index contributed by atoms with van der Waals surface area (Å²) in [5, 5.41) is 10.7. The zero-order valence-corrected chi connectivity index (χ0v) is 14.6. The molecule has 2 heteroatoms. The van der Waals surface area contributed by atoms with E-state index in [0.29, 0.717) is 5.41 Å². The van der Waals surface area contributed by atoms with Crippen LogP contribution in [0.1, 0.15) is 59.3 Å². The molecule has 0 saturated heterocycles. The molecule has 3 aliphatic carbocycles. The SMILES string of the molecule is CCC[C@@]1(C)C(O)CC2C1CC[C@]1(C)C(I)=CCC21. The number of halogens is 1. The maximum atomic E-state index is 10.7. The van der Waals surface area contributed by atoms with Crippen molar-refractivity contribution in [1.82, 2.24) is 0 Å². The van der Waals surface area contributed by atoms with Gasteiger partial charge < -0.3 is 5.11 Å². The van der Waals surface area contributed by atoms with Crippen molar-refractivity contribution < 1.29 is 5.11 Å². The summed E-state index contributed by atoms with van der Waals surface area (Å²) in [6.07, 6.45) is 9.77. The minimum atomic E-state index is -0.0666. The number of aliphatic hydroxyl groups is 1. The first kappa shape index (κ1) is 14.4. The summed E-state index contributed by atoms with van der Waals surface area (Å²) in [5.74, 6) is 2.32. The fourth-order valence-electron chi connectivity index (χ4n) is 5.61. The number of aliphatic hydroxyl groups excluding tert-OH is 1. The molecule has 0 bridgehead atoms. The minimum Gasteiger partial charge on any atom is -0.393 e. The molecular formula is C17H27IO. The molecule has 1 N–H and O–H groups in total. The summed E-state index contributed by atoms with van der Waals surface area (Å²) in [4.78, 5) is 0. The van der Waals surface area contributed by atoms with E-state index in [2.05, 4.69) is 49.4 Å². The summed E-state index contributed by atoms with van der Waals surface area (Å²) in [7, 11) is 0. The molecule has 2 saturated carbocycles. The van der Waals surface area contributed by atoms with E-state index in [0.717, 1.165) is 24.2 Å². The molecule has 4 unspecified atom stereocenters. The van der Waals surface area contributed by atoms with E-state index in [4.69, 9.17) is 0 Å². The highest BCUT2D eigenvalue weighted by Crippen LogP contribution is 2.66. The van der Waals surface area contributed by atoms with Gasteiger partial charge in [-0.1, -0.05) is 33.3 Å². The van der Waals surface area contributed by atoms with Gasteiger partial charge in [0.05, 0.1) is 6.10 Å². The molecule has 3 aliphatic rings. The molecule has 0 heterocycles. The van der Waals surface area contributed by atoms with Gasteiger partial charge in [-0.2, -0.15) is 0 Å². The predicted octanol–water partition coefficient (Wildman–Crippen LogP) is 4.93. The van der Waals surface area contributed by atoms with Crippen molar-refractivity contribution in [2.75, 3.05) is 0 Å². The lowest BCUT2D eigenvalue weighted by Gasteiger charge is -2.48. The van der Waals surface area contributed by atoms with E-state index in [1.165, 1.54) is 32.1 Å². The van der Waals surface area contributed by atoms with Crippen LogP contribution in [0.2, 0.25) is 0 Å². The lowest BCUT2D eigenvalue weighted by atomic mass is 9.57. The van der Waals surface area contributed by atoms with Crippen molar-refractivity contribution in [1.29, 1.82) is 0 Å². The molecule has 0 radical (unpaired) electrons. The largest absolute Gasteiger partial charge is 0.393 e. The Hall–Kier alpha value is 0.430. The van der Waals surface area contributed by atoms with Gasteiger partial charge in [-0.25, -0.2) is 0 Å². The molecule has 6 atom stereocenters. The molecule has 1 nitrogen and oxygen atoms in total. The third-order valence-corrected chi connectivity index (χ3v) is 8.49. The molecule has 0 amide bonds. The van der Waals surface area contributed by atoms with Gasteiger partial charge in [-0.05, 0) is 81.4 Å². The van der Waals surface area contributed by atoms with Gasteiger partial charge in [0.1, 0.15) is 0 Å². The quantitative estimate of drug-likeness (QED) is 0.680. The summed E-state index contributed by atoms with van der Waals surface area (Å²) in [5.41, 5.74) is 0.619. The number of fused-ring (bicyclic) bond motifs is 3. The van der Waals surface area contributed by atoms with Gasteiger partial charge in [-0.3, -0.25) is 0 Å². The summed E-state index contributed by atoms with van der Waals surface area (Å²) < 4.78 is 1.59. The first-order chi connectivity index (χ1) is 8.93. The molecule has 0 aromatic rings. The van der Waals surface area contributed by atoms with E-state index in [-0.39, 0.29) is 11.5 Å². The molecule has 0 aliphatic heterocycles. The van der Waals surface area contributed by atoms with Gasteiger partial charge in [-0.15, -0.1) is 0 Å². The molecule has 0 aromatic heterocycles. The van der Waals surface area contributed by atoms with Crippen LogP contribution < -0.4 is 0 Å². The fourth-order valence-corrected chi connectivity index (χ4v) is 6.54. The molecule has 0 aromatic carbocycles. The average Bonchev–Trinajstić information content (AvgIpc) is 2.78. The highest BCUT2D eigenvalue weighted by molar-refractivity contribution is 14.1. The first-order valence-corrected chi connectivity index (χ1v) is 9.05. The lowest BCUT2D eigenvalue weighted by molar-refractivity contribution is 0.000641. The van der Waals surface area contributed by atoms with Crippen molar-refractivity contribution in [3.05, 3.63) is 9.66 Å². The van der Waals surface area contributed by atoms with Crippen LogP contribution in [0.5, 0.6) is 0 Å². The van der Waals surface area contributed by atoms with Gasteiger partial charge >= 0.3 is 0 Å². The number of rotatable bonds is 2. The molecule has 19 heavy (non-hydrogen) atoms. The second-order valence-corrected chi connectivity index (χ2v) is 8.79. The number of allylic oxidation sites excluding steroid dienone is 2. The molecule has 2 fully saturated rings. The Morgan fingerprint density at radius 3 is 2.79 bits per heavy atom. The molecule has 0 spiro atoms. The Labute approximate surface area is 131 Å². The van der Waals surface area contributed by atoms with Gasteiger partial charge in [0.25, 0.3) is 0 Å². The van der Waals surface area contributed by atoms with Crippen LogP contribution in [0.3, 0.4) is 0 Å². The van der Waals surface area contributed by atoms with Crippen molar-refractivity contribution in [3.63, 3.8) is 0 Å². The Morgan fingerprint density at radius 1 is 1.37 bits per heavy atom. The van der Waals surface area contributed by atoms with Crippen LogP contribution >= 0.6 is 22.6 Å². The zero-order valence-electron chi connectivity index (χ0n) is 12.5. The maximum Gasteiger partial charge on any atom is 0.0599 e. The van der Waals surface area contributed by atoms with Crippen molar-refractivity contribution >= 4 is 22.6 Å². The monoisotopic (exact) mass is 374 g/mol. The van der Waals surface area contributed by atoms with E-state index < -0.39 is 0 Å². The standard InChI is InChI=1S/C17H27IO/c1-4-8-17(3)13-7-9-16(2)12(5-6-14(16)18)11(13)10-15(17)19/h6,11-13,15,19H,4-5,7-10H2,1-3H3/t11?,12?,13?,15?,16-,17+/m0/s1. The third-order valence-electron chi connectivity index (χ3n) is 6.82. The summed E-state index contributed by atoms with van der Waals surface area (Å²) in [6.45, 7) is 7.10. The highest BCUT2D eigenvalue weighted by Gasteiger charge is 2.59. The number of hydrogen-bond donors (Lipinski definition) is 1. The molecule has 3 rings (SSSR count). The summed E-state index contributed by atoms with van der Waals surface area (Å²) in [6, 6.07) is 0. The van der Waals surface area contributed by atoms with E-state index >= 15 is 0 Å². The van der Waals surface area contributed by atoms with E-state index in [1.807, 2.05) is 0 Å². The Bertz CT molecular complexity index is 404. The van der Waals surface area contributed by atoms with Gasteiger partial charge in [0, 0.05) is 5.41 Å². The zero-order chi connectivity index (χ0) is 13.8. The van der Waals surface area contributed by atoms with Crippen LogP contribution in [0, 0.1) is 28.6 Å². The maximum absolute atomic E-state index is 10.7. The smallest absolute Gasteiger partial charge is 0.0599 e. The first-order valence-electron chi connectivity index (χ1n) is 7.97. The van der Waals surface area contributed by atoms with Crippen LogP contribution in [0.25, 0.3) is 0 Å². The molecule has 108 valence electrons. The van der Waals surface area contributed by atoms with Crippen LogP contribution in [-0.2, 0) is 0 Å². The molecular weight excluding hydrogens is 347 g/mol. The predicted molar refractivity (Wildman–Crippen MR) is 88.2 cm³/mol. The van der Waals surface area contributed by atoms with Crippen molar-refractivity contribution in [2.24, 2.45) is 28.6 Å². The van der Waals surface area contributed by atoms with Crippen LogP contribution in [-0.4, -0.2) is 11.2 Å². The highest BCUT2D eigenvalue weighted by atomic mass is 127. The summed E-state index contributed by atoms with van der Waals surface area (Å²) >= 11 is 2.57. The topological polar surface area (TPSA) is 20.2 Å².